The number of hydrogen-bond acceptors (Lipinski definition) is 5. The van der Waals surface area contributed by atoms with E-state index in [1.807, 2.05) is 48.5 Å². The second kappa shape index (κ2) is 13.1. The Hall–Kier alpha value is -3.68. The average molecular weight is 542 g/mol. The van der Waals surface area contributed by atoms with Crippen LogP contribution in [0.5, 0.6) is 0 Å². The summed E-state index contributed by atoms with van der Waals surface area (Å²) in [6.45, 7) is 8.76. The van der Waals surface area contributed by atoms with Crippen molar-refractivity contribution in [2.45, 2.75) is 39.3 Å². The van der Waals surface area contributed by atoms with E-state index in [0.29, 0.717) is 26.1 Å². The highest BCUT2D eigenvalue weighted by atomic mass is 16.6. The van der Waals surface area contributed by atoms with Crippen LogP contribution in [-0.2, 0) is 24.3 Å². The molecule has 2 aliphatic heterocycles. The Labute approximate surface area is 237 Å². The molecule has 0 saturated carbocycles. The number of ether oxygens (including phenoxy) is 1. The molecule has 210 valence electrons. The molecule has 0 aromatic heterocycles. The fraction of sp³-hybridized carbons (Fsp3) is 0.394. The van der Waals surface area contributed by atoms with Gasteiger partial charge in [0.2, 0.25) is 0 Å². The average Bonchev–Trinajstić information content (AvgIpc) is 3.00. The number of quaternary nitrogens is 1. The molecule has 0 radical (unpaired) electrons. The first kappa shape index (κ1) is 27.9. The lowest BCUT2D eigenvalue weighted by molar-refractivity contribution is -0.794. The fourth-order valence-electron chi connectivity index (χ4n) is 5.75. The molecule has 7 nitrogen and oxygen atoms in total. The van der Waals surface area contributed by atoms with E-state index in [1.165, 1.54) is 16.8 Å². The smallest absolute Gasteiger partial charge is 0.415 e. The summed E-state index contributed by atoms with van der Waals surface area (Å²) in [5.74, 6) is 0. The molecule has 0 spiro atoms. The van der Waals surface area contributed by atoms with Crippen molar-refractivity contribution in [2.24, 2.45) is 0 Å². The van der Waals surface area contributed by atoms with Crippen molar-refractivity contribution in [1.82, 2.24) is 10.2 Å². The van der Waals surface area contributed by atoms with Gasteiger partial charge < -0.3 is 15.0 Å². The van der Waals surface area contributed by atoms with Crippen molar-refractivity contribution in [3.05, 3.63) is 101 Å². The van der Waals surface area contributed by atoms with E-state index in [2.05, 4.69) is 52.4 Å². The summed E-state index contributed by atoms with van der Waals surface area (Å²) in [6.07, 6.45) is 2.06. The molecule has 0 unspecified atom stereocenters. The minimum Gasteiger partial charge on any atom is -0.415 e. The van der Waals surface area contributed by atoms with Crippen LogP contribution in [0.1, 0.15) is 35.1 Å². The number of imide groups is 1. The van der Waals surface area contributed by atoms with Crippen molar-refractivity contribution >= 4 is 17.8 Å². The zero-order valence-electron chi connectivity index (χ0n) is 23.6. The summed E-state index contributed by atoms with van der Waals surface area (Å²) >= 11 is 0. The van der Waals surface area contributed by atoms with Crippen molar-refractivity contribution < 1.29 is 18.8 Å². The number of carbonyl (C=O) groups is 2. The Kier molecular flexibility index (Phi) is 9.14. The Balaban J connectivity index is 1.11. The van der Waals surface area contributed by atoms with Crippen LogP contribution in [0.2, 0.25) is 0 Å². The Bertz CT molecular complexity index is 1290. The van der Waals surface area contributed by atoms with Gasteiger partial charge in [-0.2, -0.15) is 4.79 Å². The number of benzene rings is 3. The molecule has 7 heteroatoms. The Morgan fingerprint density at radius 1 is 0.875 bits per heavy atom. The zero-order valence-corrected chi connectivity index (χ0v) is 23.6. The summed E-state index contributed by atoms with van der Waals surface area (Å²) in [4.78, 5) is 32.0. The SMILES string of the molecule is Cc1cccc(N2CCN(CCCCNC(=O)[N@+]3(C(=O)OCc4ccccc4)CCc4ccccc4C3)CC2)c1. The molecule has 1 atom stereocenters. The van der Waals surface area contributed by atoms with Crippen LogP contribution in [0.25, 0.3) is 0 Å². The van der Waals surface area contributed by atoms with Gasteiger partial charge in [-0.25, -0.2) is 4.79 Å². The summed E-state index contributed by atoms with van der Waals surface area (Å²) in [7, 11) is 0. The Morgan fingerprint density at radius 2 is 1.62 bits per heavy atom. The van der Waals surface area contributed by atoms with E-state index < -0.39 is 6.09 Å². The maximum absolute atomic E-state index is 13.6. The third-order valence-electron chi connectivity index (χ3n) is 8.18. The molecule has 1 fully saturated rings. The normalized spacial score (nSPS) is 19.1. The lowest BCUT2D eigenvalue weighted by atomic mass is 9.98. The lowest BCUT2D eigenvalue weighted by Crippen LogP contribution is -2.62. The number of nitrogens with zero attached hydrogens (tertiary/aromatic N) is 3. The highest BCUT2D eigenvalue weighted by Gasteiger charge is 2.49. The summed E-state index contributed by atoms with van der Waals surface area (Å²) in [5.41, 5.74) is 5.74. The minimum atomic E-state index is -0.484. The molecule has 0 bridgehead atoms. The number of unbranched alkanes of at least 4 members (excludes halogenated alkanes) is 1. The molecular weight excluding hydrogens is 500 g/mol. The van der Waals surface area contributed by atoms with E-state index in [9.17, 15) is 9.59 Å². The van der Waals surface area contributed by atoms with Gasteiger partial charge in [-0.15, -0.1) is 4.48 Å². The fourth-order valence-corrected chi connectivity index (χ4v) is 5.75. The van der Waals surface area contributed by atoms with Crippen molar-refractivity contribution in [3.63, 3.8) is 0 Å². The molecule has 2 aliphatic rings. The minimum absolute atomic E-state index is 0.158. The third-order valence-corrected chi connectivity index (χ3v) is 8.18. The molecular formula is C33H41N4O3+. The maximum Gasteiger partial charge on any atom is 0.525 e. The first-order valence-electron chi connectivity index (χ1n) is 14.5. The number of rotatable bonds is 8. The van der Waals surface area contributed by atoms with Gasteiger partial charge in [-0.1, -0.05) is 66.7 Å². The summed E-state index contributed by atoms with van der Waals surface area (Å²) in [5, 5.41) is 3.08. The monoisotopic (exact) mass is 541 g/mol. The predicted molar refractivity (Wildman–Crippen MR) is 158 cm³/mol. The number of piperazine rings is 1. The van der Waals surface area contributed by atoms with Gasteiger partial charge in [0.25, 0.3) is 0 Å². The van der Waals surface area contributed by atoms with Gasteiger partial charge in [-0.3, -0.25) is 4.90 Å². The summed E-state index contributed by atoms with van der Waals surface area (Å²) < 4.78 is 5.38. The van der Waals surface area contributed by atoms with Gasteiger partial charge in [-0.05, 0) is 55.1 Å². The highest BCUT2D eigenvalue weighted by Crippen LogP contribution is 2.27. The van der Waals surface area contributed by atoms with Gasteiger partial charge in [0.05, 0.1) is 0 Å². The van der Waals surface area contributed by atoms with Crippen molar-refractivity contribution in [1.29, 1.82) is 0 Å². The molecule has 0 aliphatic carbocycles. The Morgan fingerprint density at radius 3 is 2.40 bits per heavy atom. The number of fused-ring (bicyclic) bond motifs is 1. The standard InChI is InChI=1S/C33H40N4O3/c1-27-10-9-15-31(24-27)36-21-19-35(20-22-36)18-8-7-17-34-32(38)37(23-16-29-13-5-6-14-30(29)25-37)33(39)40-26-28-11-3-2-4-12-28/h2-6,9-15,24H,7-8,16-23,25-26H2,1H3/p+1/t37-/m0/s1. The number of anilines is 1. The van der Waals surface area contributed by atoms with Gasteiger partial charge in [0, 0.05) is 50.4 Å². The molecule has 3 amide bonds. The van der Waals surface area contributed by atoms with E-state index in [1.54, 1.807) is 0 Å². The third kappa shape index (κ3) is 6.72. The number of hydrogen-bond donors (Lipinski definition) is 1. The van der Waals surface area contributed by atoms with Gasteiger partial charge >= 0.3 is 12.1 Å². The molecule has 3 aromatic rings. The van der Waals surface area contributed by atoms with Crippen LogP contribution in [0, 0.1) is 6.92 Å². The van der Waals surface area contributed by atoms with Gasteiger partial charge in [0.1, 0.15) is 19.7 Å². The topological polar surface area (TPSA) is 61.9 Å². The van der Waals surface area contributed by atoms with Crippen LogP contribution in [-0.4, -0.2) is 67.3 Å². The molecule has 3 aromatic carbocycles. The quantitative estimate of drug-likeness (QED) is 0.301. The zero-order chi connectivity index (χ0) is 27.8. The number of urea groups is 1. The van der Waals surface area contributed by atoms with E-state index in [4.69, 9.17) is 4.74 Å². The number of amides is 3. The summed E-state index contributed by atoms with van der Waals surface area (Å²) in [6, 6.07) is 26.1. The van der Waals surface area contributed by atoms with E-state index in [0.717, 1.165) is 56.7 Å². The van der Waals surface area contributed by atoms with Crippen LogP contribution in [0.15, 0.2) is 78.9 Å². The van der Waals surface area contributed by atoms with Crippen LogP contribution in [0.4, 0.5) is 15.3 Å². The second-order valence-electron chi connectivity index (χ2n) is 11.0. The molecule has 5 rings (SSSR count). The van der Waals surface area contributed by atoms with E-state index in [-0.39, 0.29) is 17.1 Å². The first-order chi connectivity index (χ1) is 19.5. The molecule has 40 heavy (non-hydrogen) atoms. The highest BCUT2D eigenvalue weighted by molar-refractivity contribution is 5.80. The van der Waals surface area contributed by atoms with Gasteiger partial charge in [0.15, 0.2) is 0 Å². The number of aryl methyl sites for hydroxylation is 1. The van der Waals surface area contributed by atoms with Crippen molar-refractivity contribution in [3.8, 4) is 0 Å². The van der Waals surface area contributed by atoms with Crippen LogP contribution >= 0.6 is 0 Å². The van der Waals surface area contributed by atoms with Crippen molar-refractivity contribution in [2.75, 3.05) is 50.7 Å². The second-order valence-corrected chi connectivity index (χ2v) is 11.0. The predicted octanol–water partition coefficient (Wildman–Crippen LogP) is 5.52. The van der Waals surface area contributed by atoms with Crippen LogP contribution in [0.3, 0.4) is 0 Å². The first-order valence-corrected chi connectivity index (χ1v) is 14.5. The van der Waals surface area contributed by atoms with E-state index >= 15 is 0 Å². The lowest BCUT2D eigenvalue weighted by Gasteiger charge is -2.36. The molecule has 1 N–H and O–H groups in total. The molecule has 2 heterocycles. The maximum atomic E-state index is 13.6. The number of carbonyl (C=O) groups excluding carboxylic acids is 2. The van der Waals surface area contributed by atoms with Crippen LogP contribution < -0.4 is 10.2 Å². The molecule has 1 saturated heterocycles. The number of nitrogens with one attached hydrogen (secondary N) is 1. The largest absolute Gasteiger partial charge is 0.525 e.